The fourth-order valence-electron chi connectivity index (χ4n) is 2.38. The quantitative estimate of drug-likeness (QED) is 0.856. The number of hydrogen-bond donors (Lipinski definition) is 1. The molecule has 0 radical (unpaired) electrons. The molecule has 0 amide bonds. The van der Waals surface area contributed by atoms with Gasteiger partial charge in [-0.15, -0.1) is 0 Å². The molecule has 4 nitrogen and oxygen atoms in total. The van der Waals surface area contributed by atoms with Crippen molar-refractivity contribution in [3.8, 4) is 11.5 Å². The lowest BCUT2D eigenvalue weighted by Gasteiger charge is -2.05. The number of unbranched alkanes of at least 4 members (excludes halogenated alkanes) is 2. The molecular weight excluding hydrogens is 240 g/mol. The van der Waals surface area contributed by atoms with Crippen molar-refractivity contribution in [3.63, 3.8) is 0 Å². The van der Waals surface area contributed by atoms with E-state index in [0.717, 1.165) is 47.8 Å². The first-order chi connectivity index (χ1) is 9.36. The second kappa shape index (κ2) is 5.51. The zero-order valence-electron chi connectivity index (χ0n) is 11.4. The minimum Gasteiger partial charge on any atom is -0.489 e. The lowest BCUT2D eigenvalue weighted by atomic mass is 10.2. The molecule has 1 aromatic heterocycles. The maximum atomic E-state index is 5.69. The van der Waals surface area contributed by atoms with Gasteiger partial charge in [-0.1, -0.05) is 19.8 Å². The summed E-state index contributed by atoms with van der Waals surface area (Å²) in [6, 6.07) is 3.99. The van der Waals surface area contributed by atoms with Crippen molar-refractivity contribution in [2.24, 2.45) is 0 Å². The van der Waals surface area contributed by atoms with Crippen molar-refractivity contribution in [1.29, 1.82) is 0 Å². The van der Waals surface area contributed by atoms with Gasteiger partial charge in [0.1, 0.15) is 5.82 Å². The van der Waals surface area contributed by atoms with Crippen molar-refractivity contribution in [3.05, 3.63) is 18.0 Å². The zero-order valence-corrected chi connectivity index (χ0v) is 11.4. The van der Waals surface area contributed by atoms with Gasteiger partial charge in [-0.2, -0.15) is 0 Å². The van der Waals surface area contributed by atoms with Crippen LogP contribution in [0.1, 0.15) is 38.4 Å². The Balaban J connectivity index is 1.86. The molecule has 0 spiro atoms. The van der Waals surface area contributed by atoms with Crippen molar-refractivity contribution in [2.75, 3.05) is 13.2 Å². The van der Waals surface area contributed by atoms with E-state index in [1.807, 2.05) is 12.1 Å². The Morgan fingerprint density at radius 2 is 1.95 bits per heavy atom. The average Bonchev–Trinajstić information content (AvgIpc) is 2.65. The molecule has 1 aromatic carbocycles. The summed E-state index contributed by atoms with van der Waals surface area (Å²) in [5.74, 6) is 2.70. The monoisotopic (exact) mass is 260 g/mol. The zero-order chi connectivity index (χ0) is 13.1. The summed E-state index contributed by atoms with van der Waals surface area (Å²) in [5, 5.41) is 0. The number of hydrogen-bond acceptors (Lipinski definition) is 3. The third kappa shape index (κ3) is 2.67. The first-order valence-corrected chi connectivity index (χ1v) is 7.15. The molecule has 4 heteroatoms. The number of fused-ring (bicyclic) bond motifs is 2. The number of nitrogens with one attached hydrogen (secondary N) is 1. The molecule has 0 fully saturated rings. The van der Waals surface area contributed by atoms with Gasteiger partial charge in [-0.3, -0.25) is 0 Å². The fourth-order valence-corrected chi connectivity index (χ4v) is 2.38. The molecule has 1 aliphatic rings. The Labute approximate surface area is 113 Å². The highest BCUT2D eigenvalue weighted by molar-refractivity contribution is 5.79. The van der Waals surface area contributed by atoms with E-state index in [-0.39, 0.29) is 0 Å². The molecule has 19 heavy (non-hydrogen) atoms. The van der Waals surface area contributed by atoms with Gasteiger partial charge in [-0.25, -0.2) is 4.98 Å². The average molecular weight is 260 g/mol. The molecular formula is C15H20N2O2. The summed E-state index contributed by atoms with van der Waals surface area (Å²) in [7, 11) is 0. The first-order valence-electron chi connectivity index (χ1n) is 7.15. The van der Waals surface area contributed by atoms with Crippen molar-refractivity contribution >= 4 is 11.0 Å². The van der Waals surface area contributed by atoms with Gasteiger partial charge in [0, 0.05) is 25.0 Å². The van der Waals surface area contributed by atoms with E-state index in [1.54, 1.807) is 0 Å². The topological polar surface area (TPSA) is 47.1 Å². The Morgan fingerprint density at radius 1 is 1.16 bits per heavy atom. The van der Waals surface area contributed by atoms with Crippen molar-refractivity contribution in [1.82, 2.24) is 9.97 Å². The first kappa shape index (κ1) is 12.3. The summed E-state index contributed by atoms with van der Waals surface area (Å²) < 4.78 is 11.4. The van der Waals surface area contributed by atoms with Gasteiger partial charge in [0.05, 0.1) is 24.2 Å². The number of aryl methyl sites for hydroxylation is 1. The molecule has 1 N–H and O–H groups in total. The summed E-state index contributed by atoms with van der Waals surface area (Å²) in [6.45, 7) is 3.65. The van der Waals surface area contributed by atoms with Crippen LogP contribution in [-0.2, 0) is 6.42 Å². The van der Waals surface area contributed by atoms with Crippen LogP contribution in [0.3, 0.4) is 0 Å². The second-order valence-electron chi connectivity index (χ2n) is 5.01. The summed E-state index contributed by atoms with van der Waals surface area (Å²) in [6.07, 6.45) is 5.60. The van der Waals surface area contributed by atoms with Crippen LogP contribution in [0.15, 0.2) is 12.1 Å². The standard InChI is InChI=1S/C15H20N2O2/c1-2-3-4-6-15-16-11-9-13-14(10-12(11)17-15)19-8-5-7-18-13/h9-10H,2-8H2,1H3,(H,16,17). The predicted octanol–water partition coefficient (Wildman–Crippen LogP) is 3.46. The maximum Gasteiger partial charge on any atom is 0.163 e. The Kier molecular flexibility index (Phi) is 3.58. The van der Waals surface area contributed by atoms with Crippen LogP contribution in [0.5, 0.6) is 11.5 Å². The largest absolute Gasteiger partial charge is 0.489 e. The number of rotatable bonds is 4. The molecule has 0 atom stereocenters. The van der Waals surface area contributed by atoms with Crippen LogP contribution in [-0.4, -0.2) is 23.2 Å². The van der Waals surface area contributed by atoms with E-state index in [9.17, 15) is 0 Å². The van der Waals surface area contributed by atoms with E-state index in [2.05, 4.69) is 16.9 Å². The van der Waals surface area contributed by atoms with Gasteiger partial charge >= 0.3 is 0 Å². The molecule has 2 heterocycles. The third-order valence-corrected chi connectivity index (χ3v) is 3.42. The highest BCUT2D eigenvalue weighted by Gasteiger charge is 2.13. The molecule has 2 aromatic rings. The molecule has 0 bridgehead atoms. The third-order valence-electron chi connectivity index (χ3n) is 3.42. The SMILES string of the molecule is CCCCCc1nc2cc3c(cc2[nH]1)OCCCO3. The van der Waals surface area contributed by atoms with Gasteiger partial charge in [-0.05, 0) is 6.42 Å². The van der Waals surface area contributed by atoms with Gasteiger partial charge in [0.2, 0.25) is 0 Å². The number of H-pyrrole nitrogens is 1. The summed E-state index contributed by atoms with van der Waals surface area (Å²) in [5.41, 5.74) is 2.01. The van der Waals surface area contributed by atoms with Crippen LogP contribution in [0.4, 0.5) is 0 Å². The van der Waals surface area contributed by atoms with E-state index >= 15 is 0 Å². The molecule has 1 aliphatic heterocycles. The van der Waals surface area contributed by atoms with E-state index in [4.69, 9.17) is 9.47 Å². The van der Waals surface area contributed by atoms with Gasteiger partial charge < -0.3 is 14.5 Å². The Bertz CT molecular complexity index is 520. The Hall–Kier alpha value is -1.71. The highest BCUT2D eigenvalue weighted by Crippen LogP contribution is 2.33. The van der Waals surface area contributed by atoms with Crippen LogP contribution < -0.4 is 9.47 Å². The number of imidazole rings is 1. The summed E-state index contributed by atoms with van der Waals surface area (Å²) >= 11 is 0. The lowest BCUT2D eigenvalue weighted by Crippen LogP contribution is -1.97. The van der Waals surface area contributed by atoms with Crippen LogP contribution in [0, 0.1) is 0 Å². The number of benzene rings is 1. The normalized spacial score (nSPS) is 14.6. The second-order valence-corrected chi connectivity index (χ2v) is 5.01. The maximum absolute atomic E-state index is 5.69. The molecule has 0 saturated carbocycles. The lowest BCUT2D eigenvalue weighted by molar-refractivity contribution is 0.297. The van der Waals surface area contributed by atoms with Gasteiger partial charge in [0.15, 0.2) is 11.5 Å². The van der Waals surface area contributed by atoms with E-state index in [0.29, 0.717) is 6.61 Å². The molecule has 0 unspecified atom stereocenters. The number of aromatic nitrogens is 2. The number of nitrogens with zero attached hydrogens (tertiary/aromatic N) is 1. The van der Waals surface area contributed by atoms with Crippen molar-refractivity contribution in [2.45, 2.75) is 39.0 Å². The molecule has 0 saturated heterocycles. The summed E-state index contributed by atoms with van der Waals surface area (Å²) in [4.78, 5) is 8.01. The van der Waals surface area contributed by atoms with Crippen LogP contribution in [0.25, 0.3) is 11.0 Å². The van der Waals surface area contributed by atoms with Crippen LogP contribution in [0.2, 0.25) is 0 Å². The van der Waals surface area contributed by atoms with E-state index < -0.39 is 0 Å². The van der Waals surface area contributed by atoms with Gasteiger partial charge in [0.25, 0.3) is 0 Å². The molecule has 0 aliphatic carbocycles. The minimum atomic E-state index is 0.715. The van der Waals surface area contributed by atoms with Crippen LogP contribution >= 0.6 is 0 Å². The Morgan fingerprint density at radius 3 is 2.74 bits per heavy atom. The minimum absolute atomic E-state index is 0.715. The fraction of sp³-hybridized carbons (Fsp3) is 0.533. The predicted molar refractivity (Wildman–Crippen MR) is 74.9 cm³/mol. The number of ether oxygens (including phenoxy) is 2. The molecule has 3 rings (SSSR count). The smallest absolute Gasteiger partial charge is 0.163 e. The van der Waals surface area contributed by atoms with Crippen molar-refractivity contribution < 1.29 is 9.47 Å². The number of aromatic amines is 1. The highest BCUT2D eigenvalue weighted by atomic mass is 16.5. The molecule has 102 valence electrons. The van der Waals surface area contributed by atoms with E-state index in [1.165, 1.54) is 19.3 Å².